The van der Waals surface area contributed by atoms with Gasteiger partial charge in [0.2, 0.25) is 5.91 Å². The van der Waals surface area contributed by atoms with Crippen LogP contribution in [0.4, 0.5) is 4.39 Å². The van der Waals surface area contributed by atoms with Crippen molar-refractivity contribution in [1.82, 2.24) is 5.06 Å². The zero-order valence-electron chi connectivity index (χ0n) is 18.5. The summed E-state index contributed by atoms with van der Waals surface area (Å²) in [5.41, 5.74) is 1.16. The molecule has 0 radical (unpaired) electrons. The average Bonchev–Trinajstić information content (AvgIpc) is 2.79. The number of ether oxygens (including phenoxy) is 2. The van der Waals surface area contributed by atoms with Crippen molar-refractivity contribution in [2.45, 2.75) is 48.2 Å². The topological polar surface area (TPSA) is 71.8 Å². The minimum atomic E-state index is -0.529. The van der Waals surface area contributed by atoms with Gasteiger partial charge in [-0.05, 0) is 48.4 Å². The summed E-state index contributed by atoms with van der Waals surface area (Å²) >= 11 is 1.46. The first kappa shape index (κ1) is 24.2. The fraction of sp³-hybridized carbons (Fsp3) is 0.417. The molecule has 0 spiro atoms. The van der Waals surface area contributed by atoms with E-state index in [1.807, 2.05) is 43.3 Å². The van der Waals surface area contributed by atoms with Crippen LogP contribution in [0.15, 0.2) is 52.3 Å². The lowest BCUT2D eigenvalue weighted by atomic mass is 9.86. The zero-order chi connectivity index (χ0) is 23.1. The Morgan fingerprint density at radius 2 is 1.94 bits per heavy atom. The van der Waals surface area contributed by atoms with Gasteiger partial charge in [-0.25, -0.2) is 9.45 Å². The summed E-state index contributed by atoms with van der Waals surface area (Å²) < 4.78 is 25.7. The van der Waals surface area contributed by atoms with Crippen molar-refractivity contribution in [1.29, 1.82) is 5.26 Å². The van der Waals surface area contributed by atoms with Crippen LogP contribution < -0.4 is 0 Å². The van der Waals surface area contributed by atoms with Crippen LogP contribution in [0, 0.1) is 17.1 Å². The molecule has 32 heavy (non-hydrogen) atoms. The number of hydrogen-bond donors (Lipinski definition) is 0. The number of rotatable bonds is 8. The fourth-order valence-electron chi connectivity index (χ4n) is 3.68. The molecule has 1 amide bonds. The van der Waals surface area contributed by atoms with E-state index in [9.17, 15) is 9.18 Å². The highest BCUT2D eigenvalue weighted by Gasteiger charge is 2.35. The highest BCUT2D eigenvalue weighted by atomic mass is 32.2. The molecule has 1 saturated heterocycles. The Kier molecular flexibility index (Phi) is 8.26. The van der Waals surface area contributed by atoms with Gasteiger partial charge in [0.1, 0.15) is 18.5 Å². The van der Waals surface area contributed by atoms with Gasteiger partial charge in [0.05, 0.1) is 11.7 Å². The third kappa shape index (κ3) is 5.87. The number of methoxy groups -OCH3 is 1. The van der Waals surface area contributed by atoms with Crippen molar-refractivity contribution in [3.8, 4) is 6.07 Å². The lowest BCUT2D eigenvalue weighted by Crippen LogP contribution is -2.35. The number of carbonyl (C=O) groups excluding carboxylic acids is 1. The lowest BCUT2D eigenvalue weighted by molar-refractivity contribution is -0.198. The SMILES string of the molecule is COC1(c2cc(F)cc(Sc3ccc(C(C)ON(CC#N)C(C)=O)cc3)c2)CCOCC1. The van der Waals surface area contributed by atoms with Crippen LogP contribution in [-0.4, -0.2) is 37.8 Å². The molecule has 8 heteroatoms. The standard InChI is InChI=1S/C24H27FN2O4S/c1-17(31-27(11-10-26)18(2)28)19-4-6-22(7-5-19)32-23-15-20(14-21(25)16-23)24(29-3)8-12-30-13-9-24/h4-7,14-17H,8-9,11-13H2,1-3H3. The first-order valence-electron chi connectivity index (χ1n) is 10.4. The molecular formula is C24H27FN2O4S. The van der Waals surface area contributed by atoms with E-state index in [0.29, 0.717) is 26.1 Å². The highest BCUT2D eigenvalue weighted by Crippen LogP contribution is 2.39. The fourth-order valence-corrected chi connectivity index (χ4v) is 4.58. The largest absolute Gasteiger partial charge is 0.381 e. The van der Waals surface area contributed by atoms with Crippen molar-refractivity contribution in [3.63, 3.8) is 0 Å². The molecule has 0 N–H and O–H groups in total. The number of halogens is 1. The van der Waals surface area contributed by atoms with Crippen LogP contribution in [0.5, 0.6) is 0 Å². The molecule has 1 unspecified atom stereocenters. The summed E-state index contributed by atoms with van der Waals surface area (Å²) in [6, 6.07) is 14.6. The van der Waals surface area contributed by atoms with E-state index in [1.165, 1.54) is 24.8 Å². The molecular weight excluding hydrogens is 431 g/mol. The number of amides is 1. The quantitative estimate of drug-likeness (QED) is 0.410. The van der Waals surface area contributed by atoms with Crippen LogP contribution in [0.2, 0.25) is 0 Å². The smallest absolute Gasteiger partial charge is 0.244 e. The van der Waals surface area contributed by atoms with Gasteiger partial charge >= 0.3 is 0 Å². The van der Waals surface area contributed by atoms with Gasteiger partial charge in [0, 0.05) is 49.9 Å². The summed E-state index contributed by atoms with van der Waals surface area (Å²) in [6.45, 7) is 4.20. The Balaban J connectivity index is 1.73. The van der Waals surface area contributed by atoms with Crippen LogP contribution in [-0.2, 0) is 24.7 Å². The molecule has 2 aromatic rings. The Bertz CT molecular complexity index is 971. The maximum absolute atomic E-state index is 14.4. The molecule has 1 aliphatic rings. The van der Waals surface area contributed by atoms with Gasteiger partial charge in [-0.3, -0.25) is 9.63 Å². The third-order valence-electron chi connectivity index (χ3n) is 5.52. The predicted molar refractivity (Wildman–Crippen MR) is 118 cm³/mol. The number of benzene rings is 2. The minimum absolute atomic E-state index is 0.134. The molecule has 6 nitrogen and oxygen atoms in total. The first-order chi connectivity index (χ1) is 15.4. The van der Waals surface area contributed by atoms with Gasteiger partial charge in [-0.15, -0.1) is 0 Å². The van der Waals surface area contributed by atoms with E-state index in [0.717, 1.165) is 26.0 Å². The van der Waals surface area contributed by atoms with Gasteiger partial charge in [-0.2, -0.15) is 5.26 Å². The summed E-state index contributed by atoms with van der Waals surface area (Å²) in [6.07, 6.45) is 0.974. The Morgan fingerprint density at radius 1 is 1.25 bits per heavy atom. The molecule has 3 rings (SSSR count). The molecule has 0 aliphatic carbocycles. The van der Waals surface area contributed by atoms with Gasteiger partial charge < -0.3 is 9.47 Å². The second-order valence-electron chi connectivity index (χ2n) is 7.62. The number of nitrogens with zero attached hydrogens (tertiary/aromatic N) is 2. The first-order valence-corrected chi connectivity index (χ1v) is 11.2. The van der Waals surface area contributed by atoms with E-state index >= 15 is 0 Å². The summed E-state index contributed by atoms with van der Waals surface area (Å²) in [5, 5.41) is 9.88. The Morgan fingerprint density at radius 3 is 2.53 bits per heavy atom. The minimum Gasteiger partial charge on any atom is -0.381 e. The zero-order valence-corrected chi connectivity index (χ0v) is 19.3. The number of carbonyl (C=O) groups is 1. The molecule has 1 aliphatic heterocycles. The summed E-state index contributed by atoms with van der Waals surface area (Å²) in [7, 11) is 1.66. The van der Waals surface area contributed by atoms with Crippen LogP contribution >= 0.6 is 11.8 Å². The van der Waals surface area contributed by atoms with Gasteiger partial charge in [0.25, 0.3) is 0 Å². The van der Waals surface area contributed by atoms with Crippen molar-refractivity contribution < 1.29 is 23.5 Å². The van der Waals surface area contributed by atoms with Crippen molar-refractivity contribution in [3.05, 3.63) is 59.4 Å². The second-order valence-corrected chi connectivity index (χ2v) is 8.77. The number of hydroxylamine groups is 2. The van der Waals surface area contributed by atoms with Crippen molar-refractivity contribution >= 4 is 17.7 Å². The van der Waals surface area contributed by atoms with E-state index in [2.05, 4.69) is 0 Å². The van der Waals surface area contributed by atoms with Gasteiger partial charge in [0.15, 0.2) is 0 Å². The molecule has 170 valence electrons. The van der Waals surface area contributed by atoms with E-state index in [1.54, 1.807) is 13.2 Å². The van der Waals surface area contributed by atoms with Crippen molar-refractivity contribution in [2.24, 2.45) is 0 Å². The number of nitriles is 1. The molecule has 0 aromatic heterocycles. The van der Waals surface area contributed by atoms with Crippen LogP contribution in [0.25, 0.3) is 0 Å². The molecule has 2 aromatic carbocycles. The average molecular weight is 459 g/mol. The van der Waals surface area contributed by atoms with E-state index in [4.69, 9.17) is 19.6 Å². The predicted octanol–water partition coefficient (Wildman–Crippen LogP) is 4.99. The Labute approximate surface area is 192 Å². The molecule has 1 heterocycles. The highest BCUT2D eigenvalue weighted by molar-refractivity contribution is 7.99. The van der Waals surface area contributed by atoms with Crippen LogP contribution in [0.3, 0.4) is 0 Å². The van der Waals surface area contributed by atoms with Gasteiger partial charge in [-0.1, -0.05) is 23.9 Å². The normalized spacial score (nSPS) is 16.2. The third-order valence-corrected chi connectivity index (χ3v) is 6.50. The second kappa shape index (κ2) is 10.9. The van der Waals surface area contributed by atoms with Crippen LogP contribution in [0.1, 0.15) is 43.9 Å². The maximum atomic E-state index is 14.4. The molecule has 1 fully saturated rings. The Hall–Kier alpha value is -2.44. The maximum Gasteiger partial charge on any atom is 0.244 e. The van der Waals surface area contributed by atoms with E-state index < -0.39 is 11.7 Å². The lowest BCUT2D eigenvalue weighted by Gasteiger charge is -2.36. The molecule has 0 saturated carbocycles. The molecule has 0 bridgehead atoms. The van der Waals surface area contributed by atoms with E-state index in [-0.39, 0.29) is 18.3 Å². The molecule has 1 atom stereocenters. The monoisotopic (exact) mass is 458 g/mol. The summed E-state index contributed by atoms with van der Waals surface area (Å²) in [5.74, 6) is -0.626. The van der Waals surface area contributed by atoms with Crippen molar-refractivity contribution in [2.75, 3.05) is 26.9 Å². The summed E-state index contributed by atoms with van der Waals surface area (Å²) in [4.78, 5) is 18.9. The number of hydrogen-bond acceptors (Lipinski definition) is 6.